The van der Waals surface area contributed by atoms with Crippen molar-refractivity contribution in [3.63, 3.8) is 0 Å². The minimum atomic E-state index is -0.183. The summed E-state index contributed by atoms with van der Waals surface area (Å²) < 4.78 is 0. The van der Waals surface area contributed by atoms with Crippen molar-refractivity contribution < 1.29 is 9.59 Å². The van der Waals surface area contributed by atoms with E-state index < -0.39 is 0 Å². The van der Waals surface area contributed by atoms with Crippen LogP contribution in [0.15, 0.2) is 37.2 Å². The van der Waals surface area contributed by atoms with E-state index in [1.807, 2.05) is 0 Å². The Kier molecular flexibility index (Phi) is 8.68. The molecule has 2 aromatic heterocycles. The molecule has 2 N–H and O–H groups in total. The van der Waals surface area contributed by atoms with E-state index in [4.69, 9.17) is 0 Å². The molecule has 0 aromatic carbocycles. The lowest BCUT2D eigenvalue weighted by atomic mass is 10.1. The minimum absolute atomic E-state index is 0.183. The number of nitrogens with one attached hydrogen (secondary N) is 2. The van der Waals surface area contributed by atoms with Gasteiger partial charge >= 0.3 is 0 Å². The fourth-order valence-corrected chi connectivity index (χ4v) is 2.37. The summed E-state index contributed by atoms with van der Waals surface area (Å²) in [6.07, 6.45) is 15.2. The van der Waals surface area contributed by atoms with E-state index in [0.29, 0.717) is 24.5 Å². The highest BCUT2D eigenvalue weighted by Crippen LogP contribution is 2.04. The topological polar surface area (TPSA) is 110 Å². The Morgan fingerprint density at radius 2 is 1.08 bits per heavy atom. The number of carbonyl (C=O) groups excluding carboxylic acids is 2. The lowest BCUT2D eigenvalue weighted by Gasteiger charge is -2.05. The van der Waals surface area contributed by atoms with Crippen molar-refractivity contribution in [2.75, 3.05) is 13.1 Å². The van der Waals surface area contributed by atoms with Gasteiger partial charge in [0.15, 0.2) is 0 Å². The molecule has 138 valence electrons. The quantitative estimate of drug-likeness (QED) is 0.594. The van der Waals surface area contributed by atoms with Crippen LogP contribution in [0.25, 0.3) is 0 Å². The van der Waals surface area contributed by atoms with Crippen LogP contribution in [-0.4, -0.2) is 44.8 Å². The van der Waals surface area contributed by atoms with Crippen molar-refractivity contribution in [1.82, 2.24) is 30.6 Å². The molecular weight excluding hydrogens is 332 g/mol. The predicted octanol–water partition coefficient (Wildman–Crippen LogP) is 1.77. The maximum absolute atomic E-state index is 11.8. The Balaban J connectivity index is 1.41. The molecule has 0 aliphatic heterocycles. The van der Waals surface area contributed by atoms with Crippen molar-refractivity contribution in [3.05, 3.63) is 48.6 Å². The van der Waals surface area contributed by atoms with Gasteiger partial charge in [0, 0.05) is 37.9 Å². The summed E-state index contributed by atoms with van der Waals surface area (Å²) in [4.78, 5) is 39.2. The molecule has 0 spiro atoms. The average molecular weight is 356 g/mol. The molecule has 0 unspecified atom stereocenters. The van der Waals surface area contributed by atoms with E-state index in [-0.39, 0.29) is 11.8 Å². The van der Waals surface area contributed by atoms with E-state index >= 15 is 0 Å². The Bertz CT molecular complexity index is 606. The van der Waals surface area contributed by atoms with Crippen LogP contribution in [-0.2, 0) is 0 Å². The third kappa shape index (κ3) is 7.33. The van der Waals surface area contributed by atoms with Crippen LogP contribution in [0.3, 0.4) is 0 Å². The monoisotopic (exact) mass is 356 g/mol. The molecule has 0 fully saturated rings. The third-order valence-corrected chi connectivity index (χ3v) is 3.77. The van der Waals surface area contributed by atoms with Gasteiger partial charge in [0.1, 0.15) is 11.4 Å². The van der Waals surface area contributed by atoms with Crippen molar-refractivity contribution in [3.8, 4) is 0 Å². The highest BCUT2D eigenvalue weighted by atomic mass is 16.2. The zero-order chi connectivity index (χ0) is 18.5. The number of carbonyl (C=O) groups is 2. The van der Waals surface area contributed by atoms with Crippen molar-refractivity contribution in [1.29, 1.82) is 0 Å². The molecule has 8 heteroatoms. The maximum Gasteiger partial charge on any atom is 0.271 e. The molecule has 0 radical (unpaired) electrons. The number of aromatic nitrogens is 4. The molecular formula is C18H24N6O2. The van der Waals surface area contributed by atoms with Crippen LogP contribution in [0.1, 0.15) is 59.5 Å². The SMILES string of the molecule is O=C(NCCCCCCCCNC(=O)c1cnccn1)c1cnccn1. The molecule has 26 heavy (non-hydrogen) atoms. The molecule has 0 aliphatic carbocycles. The van der Waals surface area contributed by atoms with Crippen LogP contribution >= 0.6 is 0 Å². The van der Waals surface area contributed by atoms with E-state index in [2.05, 4.69) is 30.6 Å². The zero-order valence-corrected chi connectivity index (χ0v) is 14.7. The van der Waals surface area contributed by atoms with Crippen LogP contribution in [0.2, 0.25) is 0 Å². The summed E-state index contributed by atoms with van der Waals surface area (Å²) in [5, 5.41) is 5.68. The summed E-state index contributed by atoms with van der Waals surface area (Å²) in [6, 6.07) is 0. The van der Waals surface area contributed by atoms with Gasteiger partial charge in [-0.05, 0) is 12.8 Å². The fourth-order valence-electron chi connectivity index (χ4n) is 2.37. The number of unbranched alkanes of at least 4 members (excludes halogenated alkanes) is 5. The number of hydrogen-bond acceptors (Lipinski definition) is 6. The molecule has 0 saturated heterocycles. The van der Waals surface area contributed by atoms with Gasteiger partial charge in [-0.3, -0.25) is 19.6 Å². The second-order valence-corrected chi connectivity index (χ2v) is 5.81. The predicted molar refractivity (Wildman–Crippen MR) is 96.4 cm³/mol. The molecule has 2 rings (SSSR count). The maximum atomic E-state index is 11.8. The van der Waals surface area contributed by atoms with Gasteiger partial charge in [-0.1, -0.05) is 25.7 Å². The lowest BCUT2D eigenvalue weighted by Crippen LogP contribution is -2.25. The molecule has 8 nitrogen and oxygen atoms in total. The van der Waals surface area contributed by atoms with Gasteiger partial charge in [-0.25, -0.2) is 9.97 Å². The smallest absolute Gasteiger partial charge is 0.271 e. The molecule has 2 aromatic rings. The largest absolute Gasteiger partial charge is 0.351 e. The molecule has 0 atom stereocenters. The second kappa shape index (κ2) is 11.6. The van der Waals surface area contributed by atoms with E-state index in [9.17, 15) is 9.59 Å². The van der Waals surface area contributed by atoms with E-state index in [1.54, 1.807) is 0 Å². The van der Waals surface area contributed by atoms with Gasteiger partial charge in [0.25, 0.3) is 11.8 Å². The normalized spacial score (nSPS) is 10.3. The number of hydrogen-bond donors (Lipinski definition) is 2. The highest BCUT2D eigenvalue weighted by Gasteiger charge is 2.06. The summed E-state index contributed by atoms with van der Waals surface area (Å²) in [6.45, 7) is 1.28. The Morgan fingerprint density at radius 1 is 0.654 bits per heavy atom. The summed E-state index contributed by atoms with van der Waals surface area (Å²) >= 11 is 0. The zero-order valence-electron chi connectivity index (χ0n) is 14.7. The first kappa shape index (κ1) is 19.4. The van der Waals surface area contributed by atoms with Crippen LogP contribution < -0.4 is 10.6 Å². The van der Waals surface area contributed by atoms with Crippen molar-refractivity contribution in [2.24, 2.45) is 0 Å². The number of nitrogens with zero attached hydrogens (tertiary/aromatic N) is 4. The summed E-state index contributed by atoms with van der Waals surface area (Å²) in [7, 11) is 0. The minimum Gasteiger partial charge on any atom is -0.351 e. The van der Waals surface area contributed by atoms with Gasteiger partial charge < -0.3 is 10.6 Å². The van der Waals surface area contributed by atoms with Gasteiger partial charge in [0.05, 0.1) is 12.4 Å². The molecule has 0 saturated carbocycles. The Labute approximate surface area is 152 Å². The molecule has 2 heterocycles. The first-order valence-electron chi connectivity index (χ1n) is 8.86. The lowest BCUT2D eigenvalue weighted by molar-refractivity contribution is 0.0939. The van der Waals surface area contributed by atoms with Crippen molar-refractivity contribution >= 4 is 11.8 Å². The summed E-state index contributed by atoms with van der Waals surface area (Å²) in [5.74, 6) is -0.367. The highest BCUT2D eigenvalue weighted by molar-refractivity contribution is 5.92. The molecule has 0 bridgehead atoms. The van der Waals surface area contributed by atoms with Gasteiger partial charge in [-0.15, -0.1) is 0 Å². The fraction of sp³-hybridized carbons (Fsp3) is 0.444. The Hall–Kier alpha value is -2.90. The van der Waals surface area contributed by atoms with Gasteiger partial charge in [-0.2, -0.15) is 0 Å². The third-order valence-electron chi connectivity index (χ3n) is 3.77. The summed E-state index contributed by atoms with van der Waals surface area (Å²) in [5.41, 5.74) is 0.687. The first-order chi connectivity index (χ1) is 12.8. The van der Waals surface area contributed by atoms with E-state index in [0.717, 1.165) is 38.5 Å². The average Bonchev–Trinajstić information content (AvgIpc) is 2.70. The standard InChI is InChI=1S/C18H24N6O2/c25-17(15-13-19-9-11-21-15)23-7-5-3-1-2-4-6-8-24-18(26)16-14-20-10-12-22-16/h9-14H,1-8H2,(H,23,25)(H,24,26). The number of rotatable bonds is 11. The van der Waals surface area contributed by atoms with Crippen LogP contribution in [0.5, 0.6) is 0 Å². The Morgan fingerprint density at radius 3 is 1.46 bits per heavy atom. The number of amides is 2. The first-order valence-corrected chi connectivity index (χ1v) is 8.86. The molecule has 0 aliphatic rings. The molecule has 2 amide bonds. The van der Waals surface area contributed by atoms with Crippen LogP contribution in [0, 0.1) is 0 Å². The van der Waals surface area contributed by atoms with Crippen molar-refractivity contribution in [2.45, 2.75) is 38.5 Å². The second-order valence-electron chi connectivity index (χ2n) is 5.81. The van der Waals surface area contributed by atoms with Crippen LogP contribution in [0.4, 0.5) is 0 Å². The van der Waals surface area contributed by atoms with Gasteiger partial charge in [0.2, 0.25) is 0 Å². The van der Waals surface area contributed by atoms with E-state index in [1.165, 1.54) is 37.2 Å².